The summed E-state index contributed by atoms with van der Waals surface area (Å²) in [7, 11) is 0. The van der Waals surface area contributed by atoms with Crippen molar-refractivity contribution in [2.45, 2.75) is 32.2 Å². The predicted molar refractivity (Wildman–Crippen MR) is 84.3 cm³/mol. The monoisotopic (exact) mass is 295 g/mol. The van der Waals surface area contributed by atoms with Crippen molar-refractivity contribution < 1.29 is 9.21 Å². The van der Waals surface area contributed by atoms with Gasteiger partial charge in [-0.1, -0.05) is 44.2 Å². The number of amides is 1. The van der Waals surface area contributed by atoms with Crippen LogP contribution in [0.1, 0.15) is 30.7 Å². The van der Waals surface area contributed by atoms with Crippen molar-refractivity contribution in [1.82, 2.24) is 4.90 Å². The number of carbonyl (C=O) groups excluding carboxylic acids is 1. The first kappa shape index (κ1) is 13.6. The second-order valence-electron chi connectivity index (χ2n) is 7.12. The van der Waals surface area contributed by atoms with Crippen molar-refractivity contribution >= 4 is 5.91 Å². The van der Waals surface area contributed by atoms with E-state index < -0.39 is 0 Å². The summed E-state index contributed by atoms with van der Waals surface area (Å²) >= 11 is 0. The lowest BCUT2D eigenvalue weighted by atomic mass is 9.65. The molecule has 0 radical (unpaired) electrons. The van der Waals surface area contributed by atoms with Gasteiger partial charge in [-0.15, -0.1) is 0 Å². The van der Waals surface area contributed by atoms with Gasteiger partial charge in [0.05, 0.1) is 6.26 Å². The van der Waals surface area contributed by atoms with Gasteiger partial charge in [-0.25, -0.2) is 0 Å². The lowest BCUT2D eigenvalue weighted by Crippen LogP contribution is -2.39. The van der Waals surface area contributed by atoms with Gasteiger partial charge >= 0.3 is 0 Å². The molecule has 0 N–H and O–H groups in total. The Bertz CT molecular complexity index is 701. The molecular weight excluding hydrogens is 274 g/mol. The first-order valence-electron chi connectivity index (χ1n) is 7.97. The Morgan fingerprint density at radius 1 is 1.23 bits per heavy atom. The summed E-state index contributed by atoms with van der Waals surface area (Å²) in [5.74, 6) is 1.81. The van der Waals surface area contributed by atoms with Crippen LogP contribution in [0.3, 0.4) is 0 Å². The topological polar surface area (TPSA) is 33.5 Å². The minimum absolute atomic E-state index is 0.0805. The molecule has 0 spiro atoms. The molecule has 1 aliphatic carbocycles. The number of hydrogen-bond donors (Lipinski definition) is 0. The van der Waals surface area contributed by atoms with Crippen molar-refractivity contribution in [3.63, 3.8) is 0 Å². The zero-order valence-electron chi connectivity index (χ0n) is 13.1. The molecule has 0 bridgehead atoms. The maximum Gasteiger partial charge on any atom is 0.226 e. The summed E-state index contributed by atoms with van der Waals surface area (Å²) in [6.45, 7) is 5.96. The largest absolute Gasteiger partial charge is 0.468 e. The minimum atomic E-state index is -0.0805. The molecule has 0 unspecified atom stereocenters. The Morgan fingerprint density at radius 2 is 2.00 bits per heavy atom. The molecule has 1 amide bonds. The number of rotatable bonds is 2. The van der Waals surface area contributed by atoms with Gasteiger partial charge < -0.3 is 9.32 Å². The van der Waals surface area contributed by atoms with E-state index >= 15 is 0 Å². The molecule has 3 heteroatoms. The summed E-state index contributed by atoms with van der Waals surface area (Å²) < 4.78 is 5.74. The molecule has 1 saturated heterocycles. The van der Waals surface area contributed by atoms with Gasteiger partial charge in [0, 0.05) is 30.3 Å². The fourth-order valence-electron chi connectivity index (χ4n) is 4.24. The highest BCUT2D eigenvalue weighted by Gasteiger charge is 2.52. The smallest absolute Gasteiger partial charge is 0.226 e. The molecule has 2 aromatic rings. The van der Waals surface area contributed by atoms with E-state index in [0.29, 0.717) is 18.4 Å². The molecule has 1 aliphatic heterocycles. The van der Waals surface area contributed by atoms with Gasteiger partial charge in [-0.2, -0.15) is 0 Å². The fourth-order valence-corrected chi connectivity index (χ4v) is 4.24. The van der Waals surface area contributed by atoms with Crippen molar-refractivity contribution in [3.05, 3.63) is 59.5 Å². The summed E-state index contributed by atoms with van der Waals surface area (Å²) in [6.07, 6.45) is 2.59. The maximum atomic E-state index is 12.9. The minimum Gasteiger partial charge on any atom is -0.468 e. The number of nitrogens with zero attached hydrogens (tertiary/aromatic N) is 1. The average Bonchev–Trinajstić information content (AvgIpc) is 3.09. The van der Waals surface area contributed by atoms with Crippen molar-refractivity contribution in [2.75, 3.05) is 6.54 Å². The lowest BCUT2D eigenvalue weighted by Gasteiger charge is -2.37. The van der Waals surface area contributed by atoms with E-state index in [2.05, 4.69) is 26.0 Å². The van der Waals surface area contributed by atoms with Gasteiger partial charge in [-0.3, -0.25) is 4.79 Å². The van der Waals surface area contributed by atoms with Crippen molar-refractivity contribution in [2.24, 2.45) is 11.8 Å². The van der Waals surface area contributed by atoms with E-state index in [1.807, 2.05) is 29.2 Å². The molecular formula is C19H21NO2. The number of likely N-dealkylation sites (tertiary alicyclic amines) is 1. The van der Waals surface area contributed by atoms with Crippen LogP contribution in [0.2, 0.25) is 0 Å². The predicted octanol–water partition coefficient (Wildman–Crippen LogP) is 3.39. The van der Waals surface area contributed by atoms with E-state index in [1.54, 1.807) is 6.26 Å². The van der Waals surface area contributed by atoms with Gasteiger partial charge in [0.25, 0.3) is 0 Å². The molecule has 2 aliphatic rings. The highest BCUT2D eigenvalue weighted by Crippen LogP contribution is 2.48. The third kappa shape index (κ3) is 1.92. The zero-order valence-corrected chi connectivity index (χ0v) is 13.1. The molecule has 1 aromatic heterocycles. The third-order valence-electron chi connectivity index (χ3n) is 5.45. The number of fused-ring (bicyclic) bond motifs is 2. The van der Waals surface area contributed by atoms with Crippen LogP contribution in [0.25, 0.3) is 0 Å². The standard InChI is InChI=1S/C19H21NO2/c1-19(2)16-12-20(11-13-6-4-3-5-7-13)18(21)15(16)10-14-8-9-22-17(14)19/h3-9,15-16H,10-12H2,1-2H3/t15-,16-/m0/s1. The second kappa shape index (κ2) is 4.73. The Kier molecular flexibility index (Phi) is 2.93. The van der Waals surface area contributed by atoms with Gasteiger partial charge in [0.1, 0.15) is 5.76 Å². The second-order valence-corrected chi connectivity index (χ2v) is 7.12. The van der Waals surface area contributed by atoms with Crippen molar-refractivity contribution in [1.29, 1.82) is 0 Å². The SMILES string of the molecule is CC1(C)c2occc2C[C@@H]2C(=O)N(Cc3ccccc3)C[C@@H]21. The molecule has 2 atom stereocenters. The molecule has 1 fully saturated rings. The molecule has 2 heterocycles. The highest BCUT2D eigenvalue weighted by atomic mass is 16.3. The van der Waals surface area contributed by atoms with Crippen molar-refractivity contribution in [3.8, 4) is 0 Å². The summed E-state index contributed by atoms with van der Waals surface area (Å²) in [5.41, 5.74) is 2.33. The lowest BCUT2D eigenvalue weighted by molar-refractivity contribution is -0.132. The molecule has 22 heavy (non-hydrogen) atoms. The molecule has 0 saturated carbocycles. The van der Waals surface area contributed by atoms with Crippen LogP contribution in [0.4, 0.5) is 0 Å². The van der Waals surface area contributed by atoms with Crippen LogP contribution < -0.4 is 0 Å². The number of furan rings is 1. The Labute approximate surface area is 130 Å². The van der Waals surface area contributed by atoms with Crippen LogP contribution in [0.5, 0.6) is 0 Å². The van der Waals surface area contributed by atoms with Crippen LogP contribution >= 0.6 is 0 Å². The Hall–Kier alpha value is -2.03. The van der Waals surface area contributed by atoms with E-state index in [0.717, 1.165) is 18.7 Å². The number of benzene rings is 1. The highest BCUT2D eigenvalue weighted by molar-refractivity contribution is 5.82. The third-order valence-corrected chi connectivity index (χ3v) is 5.45. The number of hydrogen-bond acceptors (Lipinski definition) is 2. The van der Waals surface area contributed by atoms with E-state index in [9.17, 15) is 4.79 Å². The number of carbonyl (C=O) groups is 1. The van der Waals surface area contributed by atoms with Crippen LogP contribution in [0, 0.1) is 11.8 Å². The van der Waals surface area contributed by atoms with Gasteiger partial charge in [0.2, 0.25) is 5.91 Å². The first-order chi connectivity index (χ1) is 10.6. The van der Waals surface area contributed by atoms with E-state index in [-0.39, 0.29) is 11.3 Å². The molecule has 1 aromatic carbocycles. The quantitative estimate of drug-likeness (QED) is 0.851. The van der Waals surface area contributed by atoms with Crippen LogP contribution in [0.15, 0.2) is 47.1 Å². The summed E-state index contributed by atoms with van der Waals surface area (Å²) in [4.78, 5) is 14.9. The van der Waals surface area contributed by atoms with Gasteiger partial charge in [0.15, 0.2) is 0 Å². The fraction of sp³-hybridized carbons (Fsp3) is 0.421. The molecule has 114 valence electrons. The van der Waals surface area contributed by atoms with Crippen LogP contribution in [-0.2, 0) is 23.2 Å². The van der Waals surface area contributed by atoms with E-state index in [4.69, 9.17) is 4.42 Å². The Balaban J connectivity index is 1.62. The summed E-state index contributed by atoms with van der Waals surface area (Å²) in [6, 6.07) is 12.3. The molecule has 4 rings (SSSR count). The first-order valence-corrected chi connectivity index (χ1v) is 7.97. The van der Waals surface area contributed by atoms with Gasteiger partial charge in [-0.05, 0) is 23.6 Å². The molecule has 3 nitrogen and oxygen atoms in total. The van der Waals surface area contributed by atoms with Crippen LogP contribution in [-0.4, -0.2) is 17.4 Å². The maximum absolute atomic E-state index is 12.9. The summed E-state index contributed by atoms with van der Waals surface area (Å²) in [5, 5.41) is 0. The average molecular weight is 295 g/mol. The zero-order chi connectivity index (χ0) is 15.3. The van der Waals surface area contributed by atoms with E-state index in [1.165, 1.54) is 11.1 Å². The normalized spacial score (nSPS) is 25.9. The Morgan fingerprint density at radius 3 is 2.77 bits per heavy atom.